The molecule has 0 atom stereocenters. The summed E-state index contributed by atoms with van der Waals surface area (Å²) in [5, 5.41) is 3.45. The number of aryl methyl sites for hydroxylation is 2. The zero-order chi connectivity index (χ0) is 13.7. The van der Waals surface area contributed by atoms with Crippen LogP contribution in [0, 0.1) is 12.8 Å². The van der Waals surface area contributed by atoms with Gasteiger partial charge in [-0.05, 0) is 58.7 Å². The van der Waals surface area contributed by atoms with Crippen molar-refractivity contribution in [2.75, 3.05) is 32.0 Å². The molecule has 0 aromatic carbocycles. The number of hydrogen-bond donors (Lipinski definition) is 1. The molecule has 1 N–H and O–H groups in total. The predicted octanol–water partition coefficient (Wildman–Crippen LogP) is 2.49. The van der Waals surface area contributed by atoms with E-state index in [1.165, 1.54) is 32.4 Å². The number of hydrogen-bond acceptors (Lipinski definition) is 4. The van der Waals surface area contributed by atoms with E-state index in [9.17, 15) is 0 Å². The zero-order valence-corrected chi connectivity index (χ0v) is 12.4. The molecule has 0 aliphatic carbocycles. The number of anilines is 1. The minimum atomic E-state index is 0.862. The third-order valence-corrected chi connectivity index (χ3v) is 3.95. The number of aromatic nitrogens is 2. The van der Waals surface area contributed by atoms with Crippen LogP contribution in [0.15, 0.2) is 6.07 Å². The van der Waals surface area contributed by atoms with E-state index in [4.69, 9.17) is 0 Å². The molecule has 1 aliphatic rings. The molecule has 2 rings (SSSR count). The van der Waals surface area contributed by atoms with Crippen LogP contribution in [-0.4, -0.2) is 41.5 Å². The molecule has 1 aromatic rings. The van der Waals surface area contributed by atoms with Crippen LogP contribution in [0.4, 0.5) is 5.82 Å². The van der Waals surface area contributed by atoms with Gasteiger partial charge >= 0.3 is 0 Å². The molecule has 106 valence electrons. The van der Waals surface area contributed by atoms with Crippen LogP contribution in [-0.2, 0) is 6.42 Å². The molecular weight excluding hydrogens is 236 g/mol. The summed E-state index contributed by atoms with van der Waals surface area (Å²) in [7, 11) is 2.21. The summed E-state index contributed by atoms with van der Waals surface area (Å²) in [6, 6.07) is 2.07. The Hall–Kier alpha value is -1.16. The van der Waals surface area contributed by atoms with Crippen LogP contribution < -0.4 is 5.32 Å². The molecule has 1 fully saturated rings. The van der Waals surface area contributed by atoms with Crippen LogP contribution in [0.25, 0.3) is 0 Å². The first-order valence-corrected chi connectivity index (χ1v) is 7.44. The minimum Gasteiger partial charge on any atom is -0.370 e. The maximum absolute atomic E-state index is 4.45. The number of rotatable bonds is 5. The fourth-order valence-electron chi connectivity index (χ4n) is 2.66. The van der Waals surface area contributed by atoms with E-state index in [0.29, 0.717) is 0 Å². The van der Waals surface area contributed by atoms with Crippen molar-refractivity contribution >= 4 is 5.82 Å². The standard InChI is InChI=1S/C15H26N4/c1-4-14-11-15(18-12(2)17-14)16-8-5-13-6-9-19(3)10-7-13/h11,13H,4-10H2,1-3H3,(H,16,17,18). The largest absolute Gasteiger partial charge is 0.370 e. The van der Waals surface area contributed by atoms with Crippen molar-refractivity contribution in [1.82, 2.24) is 14.9 Å². The maximum atomic E-state index is 4.45. The summed E-state index contributed by atoms with van der Waals surface area (Å²) >= 11 is 0. The van der Waals surface area contributed by atoms with E-state index in [0.717, 1.165) is 36.2 Å². The van der Waals surface area contributed by atoms with E-state index in [2.05, 4.69) is 40.2 Å². The SMILES string of the molecule is CCc1cc(NCCC2CCN(C)CC2)nc(C)n1. The third kappa shape index (κ3) is 4.46. The fraction of sp³-hybridized carbons (Fsp3) is 0.733. The second kappa shape index (κ2) is 6.85. The molecule has 0 bridgehead atoms. The first kappa shape index (κ1) is 14.3. The zero-order valence-electron chi connectivity index (χ0n) is 12.4. The third-order valence-electron chi connectivity index (χ3n) is 3.95. The van der Waals surface area contributed by atoms with Gasteiger partial charge in [0.25, 0.3) is 0 Å². The second-order valence-electron chi connectivity index (χ2n) is 5.61. The average Bonchev–Trinajstić information content (AvgIpc) is 2.40. The number of nitrogens with zero attached hydrogens (tertiary/aromatic N) is 3. The molecule has 4 nitrogen and oxygen atoms in total. The fourth-order valence-corrected chi connectivity index (χ4v) is 2.66. The normalized spacial score (nSPS) is 17.6. The van der Waals surface area contributed by atoms with Gasteiger partial charge in [-0.1, -0.05) is 6.92 Å². The van der Waals surface area contributed by atoms with E-state index >= 15 is 0 Å². The highest BCUT2D eigenvalue weighted by molar-refractivity contribution is 5.35. The van der Waals surface area contributed by atoms with Gasteiger partial charge in [0.05, 0.1) is 0 Å². The highest BCUT2D eigenvalue weighted by Crippen LogP contribution is 2.19. The van der Waals surface area contributed by atoms with Crippen LogP contribution in [0.3, 0.4) is 0 Å². The Bertz CT molecular complexity index is 397. The Balaban J connectivity index is 1.77. The lowest BCUT2D eigenvalue weighted by molar-refractivity contribution is 0.215. The minimum absolute atomic E-state index is 0.862. The summed E-state index contributed by atoms with van der Waals surface area (Å²) < 4.78 is 0. The molecule has 1 saturated heterocycles. The quantitative estimate of drug-likeness (QED) is 0.885. The molecule has 1 aliphatic heterocycles. The molecule has 4 heteroatoms. The number of piperidine rings is 1. The maximum Gasteiger partial charge on any atom is 0.129 e. The molecule has 2 heterocycles. The van der Waals surface area contributed by atoms with Gasteiger partial charge in [0, 0.05) is 18.3 Å². The average molecular weight is 262 g/mol. The van der Waals surface area contributed by atoms with Crippen LogP contribution in [0.2, 0.25) is 0 Å². The van der Waals surface area contributed by atoms with E-state index < -0.39 is 0 Å². The van der Waals surface area contributed by atoms with Crippen molar-refractivity contribution in [3.8, 4) is 0 Å². The van der Waals surface area contributed by atoms with Gasteiger partial charge in [0.15, 0.2) is 0 Å². The lowest BCUT2D eigenvalue weighted by atomic mass is 9.94. The van der Waals surface area contributed by atoms with Gasteiger partial charge in [-0.3, -0.25) is 0 Å². The topological polar surface area (TPSA) is 41.0 Å². The van der Waals surface area contributed by atoms with Crippen molar-refractivity contribution < 1.29 is 0 Å². The Kier molecular flexibility index (Phi) is 5.14. The van der Waals surface area contributed by atoms with Gasteiger partial charge in [-0.2, -0.15) is 0 Å². The Labute approximate surface area is 116 Å². The van der Waals surface area contributed by atoms with E-state index in [1.807, 2.05) is 6.92 Å². The Morgan fingerprint density at radius 2 is 2.05 bits per heavy atom. The summed E-state index contributed by atoms with van der Waals surface area (Å²) in [5.74, 6) is 2.72. The van der Waals surface area contributed by atoms with Crippen molar-refractivity contribution in [1.29, 1.82) is 0 Å². The van der Waals surface area contributed by atoms with E-state index in [1.54, 1.807) is 0 Å². The van der Waals surface area contributed by atoms with Gasteiger partial charge < -0.3 is 10.2 Å². The van der Waals surface area contributed by atoms with Crippen LogP contribution in [0.5, 0.6) is 0 Å². The van der Waals surface area contributed by atoms with Gasteiger partial charge in [-0.15, -0.1) is 0 Å². The van der Waals surface area contributed by atoms with Crippen molar-refractivity contribution in [3.63, 3.8) is 0 Å². The second-order valence-corrected chi connectivity index (χ2v) is 5.61. The molecule has 0 unspecified atom stereocenters. The highest BCUT2D eigenvalue weighted by atomic mass is 15.1. The summed E-state index contributed by atoms with van der Waals surface area (Å²) in [6.45, 7) is 7.61. The Morgan fingerprint density at radius 1 is 1.32 bits per heavy atom. The summed E-state index contributed by atoms with van der Waals surface area (Å²) in [6.07, 6.45) is 4.88. The van der Waals surface area contributed by atoms with Crippen LogP contribution >= 0.6 is 0 Å². The molecule has 0 amide bonds. The summed E-state index contributed by atoms with van der Waals surface area (Å²) in [5.41, 5.74) is 1.12. The van der Waals surface area contributed by atoms with Crippen molar-refractivity contribution in [2.45, 2.75) is 39.5 Å². The Morgan fingerprint density at radius 3 is 2.74 bits per heavy atom. The number of likely N-dealkylation sites (tertiary alicyclic amines) is 1. The lowest BCUT2D eigenvalue weighted by Crippen LogP contribution is -2.30. The molecule has 0 spiro atoms. The molecule has 0 saturated carbocycles. The molecule has 0 radical (unpaired) electrons. The van der Waals surface area contributed by atoms with Crippen LogP contribution in [0.1, 0.15) is 37.7 Å². The van der Waals surface area contributed by atoms with Gasteiger partial charge in [-0.25, -0.2) is 9.97 Å². The predicted molar refractivity (Wildman–Crippen MR) is 79.5 cm³/mol. The highest BCUT2D eigenvalue weighted by Gasteiger charge is 2.15. The van der Waals surface area contributed by atoms with Crippen molar-refractivity contribution in [2.24, 2.45) is 5.92 Å². The smallest absolute Gasteiger partial charge is 0.129 e. The summed E-state index contributed by atoms with van der Waals surface area (Å²) in [4.78, 5) is 11.3. The number of nitrogens with one attached hydrogen (secondary N) is 1. The molecule has 19 heavy (non-hydrogen) atoms. The lowest BCUT2D eigenvalue weighted by Gasteiger charge is -2.28. The molecule has 1 aromatic heterocycles. The first-order chi connectivity index (χ1) is 9.17. The monoisotopic (exact) mass is 262 g/mol. The van der Waals surface area contributed by atoms with Gasteiger partial charge in [0.2, 0.25) is 0 Å². The first-order valence-electron chi connectivity index (χ1n) is 7.44. The van der Waals surface area contributed by atoms with E-state index in [-0.39, 0.29) is 0 Å². The molecular formula is C15H26N4. The van der Waals surface area contributed by atoms with Crippen molar-refractivity contribution in [3.05, 3.63) is 17.6 Å². The van der Waals surface area contributed by atoms with Gasteiger partial charge in [0.1, 0.15) is 11.6 Å².